The maximum Gasteiger partial charge on any atom is 0.267 e. The molecule has 134 valence electrons. The zero-order valence-corrected chi connectivity index (χ0v) is 14.8. The number of piperidine rings is 2. The van der Waals surface area contributed by atoms with E-state index in [1.807, 2.05) is 6.07 Å². The van der Waals surface area contributed by atoms with Gasteiger partial charge in [-0.25, -0.2) is 17.7 Å². The molecule has 3 heterocycles. The van der Waals surface area contributed by atoms with E-state index in [9.17, 15) is 18.0 Å². The van der Waals surface area contributed by atoms with Gasteiger partial charge in [-0.05, 0) is 18.4 Å². The van der Waals surface area contributed by atoms with Crippen LogP contribution in [0.15, 0.2) is 16.6 Å². The van der Waals surface area contributed by atoms with Crippen molar-refractivity contribution < 1.29 is 18.0 Å². The Balaban J connectivity index is 1.64. The molecular formula is C16H20N4O4S. The Morgan fingerprint density at radius 2 is 2.00 bits per heavy atom. The quantitative estimate of drug-likeness (QED) is 0.681. The van der Waals surface area contributed by atoms with Gasteiger partial charge in [-0.2, -0.15) is 5.26 Å². The third-order valence-electron chi connectivity index (χ3n) is 4.95. The highest BCUT2D eigenvalue weighted by atomic mass is 32.2. The molecular weight excluding hydrogens is 344 g/mol. The molecule has 0 aromatic rings. The molecule has 2 amide bonds. The van der Waals surface area contributed by atoms with E-state index in [2.05, 4.69) is 4.99 Å². The van der Waals surface area contributed by atoms with E-state index >= 15 is 0 Å². The molecule has 1 unspecified atom stereocenters. The van der Waals surface area contributed by atoms with Crippen LogP contribution in [-0.4, -0.2) is 67.6 Å². The summed E-state index contributed by atoms with van der Waals surface area (Å²) in [6.07, 6.45) is 4.33. The number of carbonyl (C=O) groups is 2. The molecule has 3 aliphatic heterocycles. The Kier molecular flexibility index (Phi) is 4.75. The van der Waals surface area contributed by atoms with Crippen molar-refractivity contribution >= 4 is 27.5 Å². The number of sulfonamides is 1. The van der Waals surface area contributed by atoms with Crippen LogP contribution in [0.1, 0.15) is 19.3 Å². The molecule has 8 nitrogen and oxygen atoms in total. The number of likely N-dealkylation sites (tertiary alicyclic amines) is 1. The first-order valence-electron chi connectivity index (χ1n) is 8.25. The molecule has 25 heavy (non-hydrogen) atoms. The van der Waals surface area contributed by atoms with Gasteiger partial charge in [0.1, 0.15) is 5.92 Å². The average Bonchev–Trinajstić information content (AvgIpc) is 2.59. The minimum atomic E-state index is -3.21. The van der Waals surface area contributed by atoms with Crippen LogP contribution in [0.2, 0.25) is 0 Å². The SMILES string of the molecule is CS(=O)(=O)N1CCC(C(=O)N2CCC3=NC(=O)C(C#N)C=C3C2)CC1. The lowest BCUT2D eigenvalue weighted by Gasteiger charge is -2.36. The summed E-state index contributed by atoms with van der Waals surface area (Å²) >= 11 is 0. The Morgan fingerprint density at radius 3 is 2.60 bits per heavy atom. The van der Waals surface area contributed by atoms with Crippen LogP contribution in [0, 0.1) is 23.2 Å². The summed E-state index contributed by atoms with van der Waals surface area (Å²) in [7, 11) is -3.21. The van der Waals surface area contributed by atoms with E-state index in [1.54, 1.807) is 11.0 Å². The highest BCUT2D eigenvalue weighted by molar-refractivity contribution is 7.88. The maximum absolute atomic E-state index is 12.8. The molecule has 0 aromatic carbocycles. The van der Waals surface area contributed by atoms with Crippen LogP contribution in [0.4, 0.5) is 0 Å². The van der Waals surface area contributed by atoms with Crippen molar-refractivity contribution in [3.8, 4) is 6.07 Å². The second kappa shape index (κ2) is 6.69. The number of rotatable bonds is 2. The van der Waals surface area contributed by atoms with Crippen molar-refractivity contribution in [3.05, 3.63) is 11.6 Å². The van der Waals surface area contributed by atoms with E-state index < -0.39 is 21.8 Å². The number of dihydropyridines is 1. The van der Waals surface area contributed by atoms with Gasteiger partial charge in [0.05, 0.1) is 18.0 Å². The van der Waals surface area contributed by atoms with Gasteiger partial charge in [-0.3, -0.25) is 9.59 Å². The smallest absolute Gasteiger partial charge is 0.267 e. The number of fused-ring (bicyclic) bond motifs is 1. The summed E-state index contributed by atoms with van der Waals surface area (Å²) < 4.78 is 24.5. The third-order valence-corrected chi connectivity index (χ3v) is 6.26. The molecule has 3 aliphatic rings. The van der Waals surface area contributed by atoms with Crippen LogP contribution in [0.5, 0.6) is 0 Å². The lowest BCUT2D eigenvalue weighted by molar-refractivity contribution is -0.136. The second-order valence-corrected chi connectivity index (χ2v) is 8.62. The first kappa shape index (κ1) is 17.8. The third kappa shape index (κ3) is 3.65. The molecule has 0 radical (unpaired) electrons. The molecule has 0 aliphatic carbocycles. The molecule has 0 bridgehead atoms. The highest BCUT2D eigenvalue weighted by Crippen LogP contribution is 2.26. The standard InChI is InChI=1S/C16H20N4O4S/c1-25(23,24)20-6-2-11(3-7-20)16(22)19-5-4-14-13(10-19)8-12(9-17)15(21)18-14/h8,11-12H,2-7,10H2,1H3. The van der Waals surface area contributed by atoms with Crippen LogP contribution in [0.3, 0.4) is 0 Å². The summed E-state index contributed by atoms with van der Waals surface area (Å²) in [6.45, 7) is 1.58. The van der Waals surface area contributed by atoms with Gasteiger partial charge in [-0.1, -0.05) is 6.08 Å². The number of carbonyl (C=O) groups excluding carboxylic acids is 2. The van der Waals surface area contributed by atoms with E-state index in [4.69, 9.17) is 5.26 Å². The zero-order chi connectivity index (χ0) is 18.2. The monoisotopic (exact) mass is 364 g/mol. The fraction of sp³-hybridized carbons (Fsp3) is 0.625. The lowest BCUT2D eigenvalue weighted by Crippen LogP contribution is -2.47. The maximum atomic E-state index is 12.8. The molecule has 2 saturated heterocycles. The summed E-state index contributed by atoms with van der Waals surface area (Å²) in [4.78, 5) is 30.1. The Bertz CT molecular complexity index is 800. The normalized spacial score (nSPS) is 25.7. The molecule has 1 atom stereocenters. The van der Waals surface area contributed by atoms with Crippen LogP contribution in [-0.2, 0) is 19.6 Å². The Hall–Kier alpha value is -2.05. The molecule has 2 fully saturated rings. The molecule has 0 N–H and O–H groups in total. The number of nitrogens with zero attached hydrogens (tertiary/aromatic N) is 4. The molecule has 0 spiro atoms. The lowest BCUT2D eigenvalue weighted by atomic mass is 9.91. The van der Waals surface area contributed by atoms with Crippen molar-refractivity contribution in [2.45, 2.75) is 19.3 Å². The Morgan fingerprint density at radius 1 is 1.32 bits per heavy atom. The van der Waals surface area contributed by atoms with Gasteiger partial charge in [0, 0.05) is 38.5 Å². The van der Waals surface area contributed by atoms with Crippen LogP contribution in [0.25, 0.3) is 0 Å². The average molecular weight is 364 g/mol. The van der Waals surface area contributed by atoms with Crippen molar-refractivity contribution in [2.75, 3.05) is 32.4 Å². The van der Waals surface area contributed by atoms with Gasteiger partial charge in [0.25, 0.3) is 5.91 Å². The van der Waals surface area contributed by atoms with E-state index in [0.29, 0.717) is 51.2 Å². The first-order chi connectivity index (χ1) is 11.8. The van der Waals surface area contributed by atoms with Gasteiger partial charge >= 0.3 is 0 Å². The first-order valence-corrected chi connectivity index (χ1v) is 10.1. The number of nitriles is 1. The summed E-state index contributed by atoms with van der Waals surface area (Å²) in [5.74, 6) is -1.48. The van der Waals surface area contributed by atoms with Crippen molar-refractivity contribution in [1.29, 1.82) is 5.26 Å². The summed E-state index contributed by atoms with van der Waals surface area (Å²) in [5.41, 5.74) is 1.45. The van der Waals surface area contributed by atoms with Gasteiger partial charge < -0.3 is 4.90 Å². The Labute approximate surface area is 146 Å². The molecule has 9 heteroatoms. The molecule has 0 aromatic heterocycles. The second-order valence-electron chi connectivity index (χ2n) is 6.64. The van der Waals surface area contributed by atoms with Crippen LogP contribution < -0.4 is 0 Å². The van der Waals surface area contributed by atoms with Gasteiger partial charge in [0.2, 0.25) is 15.9 Å². The molecule has 0 saturated carbocycles. The van der Waals surface area contributed by atoms with Crippen molar-refractivity contribution in [2.24, 2.45) is 16.8 Å². The minimum Gasteiger partial charge on any atom is -0.338 e. The van der Waals surface area contributed by atoms with Gasteiger partial charge in [-0.15, -0.1) is 0 Å². The fourth-order valence-electron chi connectivity index (χ4n) is 3.50. The minimum absolute atomic E-state index is 0.0125. The van der Waals surface area contributed by atoms with Crippen LogP contribution >= 0.6 is 0 Å². The largest absolute Gasteiger partial charge is 0.338 e. The highest BCUT2D eigenvalue weighted by Gasteiger charge is 2.35. The van der Waals surface area contributed by atoms with Crippen molar-refractivity contribution in [1.82, 2.24) is 9.21 Å². The summed E-state index contributed by atoms with van der Waals surface area (Å²) in [5, 5.41) is 9.00. The number of amides is 2. The number of aliphatic imine (C=N–C) groups is 1. The fourth-order valence-corrected chi connectivity index (χ4v) is 4.38. The summed E-state index contributed by atoms with van der Waals surface area (Å²) in [6, 6.07) is 1.91. The van der Waals surface area contributed by atoms with Crippen molar-refractivity contribution in [3.63, 3.8) is 0 Å². The van der Waals surface area contributed by atoms with Gasteiger partial charge in [0.15, 0.2) is 0 Å². The zero-order valence-electron chi connectivity index (χ0n) is 14.0. The predicted molar refractivity (Wildman–Crippen MR) is 90.0 cm³/mol. The number of hydrogen-bond acceptors (Lipinski definition) is 5. The van der Waals surface area contributed by atoms with E-state index in [1.165, 1.54) is 10.6 Å². The van der Waals surface area contributed by atoms with E-state index in [0.717, 1.165) is 5.57 Å². The van der Waals surface area contributed by atoms with E-state index in [-0.39, 0.29) is 11.8 Å². The number of hydrogen-bond donors (Lipinski definition) is 0. The topological polar surface area (TPSA) is 111 Å². The predicted octanol–water partition coefficient (Wildman–Crippen LogP) is -0.0623. The molecule has 3 rings (SSSR count).